The van der Waals surface area contributed by atoms with E-state index in [2.05, 4.69) is 39.1 Å². The molecule has 142 valence electrons. The minimum atomic E-state index is 0.453. The van der Waals surface area contributed by atoms with Crippen LogP contribution in [0.4, 0.5) is 0 Å². The molecule has 1 aromatic carbocycles. The topological polar surface area (TPSA) is 71.5 Å². The highest BCUT2D eigenvalue weighted by atomic mass is 16.3. The average Bonchev–Trinajstić information content (AvgIpc) is 3.28. The number of hydrogen-bond acceptors (Lipinski definition) is 4. The third kappa shape index (κ3) is 4.97. The zero-order valence-electron chi connectivity index (χ0n) is 16.3. The summed E-state index contributed by atoms with van der Waals surface area (Å²) in [5.74, 6) is 1.44. The van der Waals surface area contributed by atoms with E-state index in [0.29, 0.717) is 12.4 Å². The summed E-state index contributed by atoms with van der Waals surface area (Å²) in [5, 5.41) is 7.53. The van der Waals surface area contributed by atoms with Gasteiger partial charge in [0.25, 0.3) is 0 Å². The van der Waals surface area contributed by atoms with E-state index >= 15 is 0 Å². The van der Waals surface area contributed by atoms with E-state index in [9.17, 15) is 0 Å². The summed E-state index contributed by atoms with van der Waals surface area (Å²) in [7, 11) is 3.92. The maximum atomic E-state index is 5.62. The molecule has 1 N–H and O–H groups in total. The van der Waals surface area contributed by atoms with E-state index in [4.69, 9.17) is 4.42 Å². The molecule has 0 aliphatic heterocycles. The summed E-state index contributed by atoms with van der Waals surface area (Å²) in [4.78, 5) is 11.3. The quantitative estimate of drug-likeness (QED) is 0.536. The van der Waals surface area contributed by atoms with Gasteiger partial charge in [0.2, 0.25) is 5.89 Å². The lowest BCUT2D eigenvalue weighted by Gasteiger charge is -2.21. The number of oxazole rings is 1. The summed E-state index contributed by atoms with van der Waals surface area (Å²) in [6.45, 7) is 6.09. The van der Waals surface area contributed by atoms with Crippen LogP contribution in [0.5, 0.6) is 0 Å². The summed E-state index contributed by atoms with van der Waals surface area (Å²) in [6, 6.07) is 8.13. The van der Waals surface area contributed by atoms with Crippen molar-refractivity contribution < 1.29 is 4.42 Å². The molecule has 0 aliphatic carbocycles. The maximum absolute atomic E-state index is 5.62. The van der Waals surface area contributed by atoms with Crippen LogP contribution in [-0.2, 0) is 20.1 Å². The minimum absolute atomic E-state index is 0.453. The molecular weight excluding hydrogens is 340 g/mol. The highest BCUT2D eigenvalue weighted by Crippen LogP contribution is 2.19. The van der Waals surface area contributed by atoms with Crippen molar-refractivity contribution in [2.45, 2.75) is 26.9 Å². The second-order valence-electron chi connectivity index (χ2n) is 6.56. The van der Waals surface area contributed by atoms with Crippen LogP contribution in [0.1, 0.15) is 23.7 Å². The number of hydrogen-bond donors (Lipinski definition) is 1. The summed E-state index contributed by atoms with van der Waals surface area (Å²) in [5.41, 5.74) is 4.11. The second kappa shape index (κ2) is 8.53. The van der Waals surface area contributed by atoms with Crippen molar-refractivity contribution in [2.75, 3.05) is 13.6 Å². The van der Waals surface area contributed by atoms with E-state index in [-0.39, 0.29) is 0 Å². The van der Waals surface area contributed by atoms with Gasteiger partial charge in [-0.05, 0) is 26.0 Å². The number of nitrogens with zero attached hydrogens (tertiary/aromatic N) is 5. The van der Waals surface area contributed by atoms with Gasteiger partial charge in [-0.2, -0.15) is 5.10 Å². The van der Waals surface area contributed by atoms with Gasteiger partial charge in [0.1, 0.15) is 12.0 Å². The van der Waals surface area contributed by atoms with Gasteiger partial charge in [0.15, 0.2) is 5.96 Å². The van der Waals surface area contributed by atoms with Gasteiger partial charge in [0.05, 0.1) is 12.7 Å². The molecular formula is C20H26N6O. The predicted octanol–water partition coefficient (Wildman–Crippen LogP) is 2.98. The SMILES string of the molecule is CCNC(=NCc1coc(-c2ccc(C)cc2)n1)N(C)Cc1cnn(C)c1. The molecule has 0 atom stereocenters. The van der Waals surface area contributed by atoms with Crippen molar-refractivity contribution in [1.82, 2.24) is 25.0 Å². The summed E-state index contributed by atoms with van der Waals surface area (Å²) >= 11 is 0. The van der Waals surface area contributed by atoms with E-state index < -0.39 is 0 Å². The number of benzene rings is 1. The third-order valence-electron chi connectivity index (χ3n) is 4.12. The molecule has 0 unspecified atom stereocenters. The van der Waals surface area contributed by atoms with Crippen molar-refractivity contribution in [3.05, 3.63) is 59.7 Å². The van der Waals surface area contributed by atoms with E-state index in [1.165, 1.54) is 5.56 Å². The molecule has 7 nitrogen and oxygen atoms in total. The van der Waals surface area contributed by atoms with E-state index in [1.807, 2.05) is 50.8 Å². The Morgan fingerprint density at radius 3 is 2.74 bits per heavy atom. The molecule has 2 aromatic heterocycles. The lowest BCUT2D eigenvalue weighted by Crippen LogP contribution is -2.38. The van der Waals surface area contributed by atoms with Gasteiger partial charge < -0.3 is 14.6 Å². The van der Waals surface area contributed by atoms with Gasteiger partial charge in [-0.15, -0.1) is 0 Å². The Kier molecular flexibility index (Phi) is 5.90. The van der Waals surface area contributed by atoms with Crippen LogP contribution in [0.25, 0.3) is 11.5 Å². The van der Waals surface area contributed by atoms with Crippen molar-refractivity contribution in [3.8, 4) is 11.5 Å². The molecule has 0 fully saturated rings. The van der Waals surface area contributed by atoms with Crippen LogP contribution in [0.15, 0.2) is 52.3 Å². The van der Waals surface area contributed by atoms with Gasteiger partial charge in [-0.1, -0.05) is 17.7 Å². The first-order valence-electron chi connectivity index (χ1n) is 9.03. The Labute approximate surface area is 159 Å². The number of guanidine groups is 1. The van der Waals surface area contributed by atoms with Gasteiger partial charge in [-0.3, -0.25) is 4.68 Å². The van der Waals surface area contributed by atoms with Crippen molar-refractivity contribution in [1.29, 1.82) is 0 Å². The Morgan fingerprint density at radius 1 is 1.30 bits per heavy atom. The molecule has 0 amide bonds. The minimum Gasteiger partial charge on any atom is -0.444 e. The number of aromatic nitrogens is 3. The number of rotatable bonds is 6. The number of aryl methyl sites for hydroxylation is 2. The molecule has 27 heavy (non-hydrogen) atoms. The van der Waals surface area contributed by atoms with Gasteiger partial charge >= 0.3 is 0 Å². The molecule has 0 bridgehead atoms. The van der Waals surface area contributed by atoms with Crippen LogP contribution in [-0.4, -0.2) is 39.2 Å². The Balaban J connectivity index is 1.68. The first-order chi connectivity index (χ1) is 13.0. The van der Waals surface area contributed by atoms with Crippen LogP contribution in [0.2, 0.25) is 0 Å². The summed E-state index contributed by atoms with van der Waals surface area (Å²) < 4.78 is 7.42. The Morgan fingerprint density at radius 2 is 2.07 bits per heavy atom. The second-order valence-corrected chi connectivity index (χ2v) is 6.56. The number of aliphatic imine (C=N–C) groups is 1. The molecule has 7 heteroatoms. The first kappa shape index (κ1) is 18.7. The smallest absolute Gasteiger partial charge is 0.226 e. The molecule has 3 rings (SSSR count). The average molecular weight is 366 g/mol. The maximum Gasteiger partial charge on any atom is 0.226 e. The fourth-order valence-corrected chi connectivity index (χ4v) is 2.74. The predicted molar refractivity (Wildman–Crippen MR) is 106 cm³/mol. The van der Waals surface area contributed by atoms with Crippen molar-refractivity contribution in [3.63, 3.8) is 0 Å². The van der Waals surface area contributed by atoms with E-state index in [0.717, 1.165) is 35.9 Å². The molecule has 3 aromatic rings. The zero-order chi connectivity index (χ0) is 19.2. The van der Waals surface area contributed by atoms with Crippen LogP contribution >= 0.6 is 0 Å². The van der Waals surface area contributed by atoms with Gasteiger partial charge in [0, 0.05) is 44.5 Å². The fraction of sp³-hybridized carbons (Fsp3) is 0.350. The lowest BCUT2D eigenvalue weighted by molar-refractivity contribution is 0.476. The van der Waals surface area contributed by atoms with Crippen LogP contribution < -0.4 is 5.32 Å². The Hall–Kier alpha value is -3.09. The fourth-order valence-electron chi connectivity index (χ4n) is 2.74. The normalized spacial score (nSPS) is 11.6. The van der Waals surface area contributed by atoms with Crippen molar-refractivity contribution in [2.24, 2.45) is 12.0 Å². The largest absolute Gasteiger partial charge is 0.444 e. The molecule has 2 heterocycles. The molecule has 0 spiro atoms. The summed E-state index contributed by atoms with van der Waals surface area (Å²) in [6.07, 6.45) is 5.54. The van der Waals surface area contributed by atoms with Gasteiger partial charge in [-0.25, -0.2) is 9.98 Å². The Bertz CT molecular complexity index is 893. The monoisotopic (exact) mass is 366 g/mol. The molecule has 0 radical (unpaired) electrons. The highest BCUT2D eigenvalue weighted by molar-refractivity contribution is 5.79. The first-order valence-corrected chi connectivity index (χ1v) is 9.03. The highest BCUT2D eigenvalue weighted by Gasteiger charge is 2.10. The lowest BCUT2D eigenvalue weighted by atomic mass is 10.1. The zero-order valence-corrected chi connectivity index (χ0v) is 16.3. The van der Waals surface area contributed by atoms with E-state index in [1.54, 1.807) is 10.9 Å². The standard InChI is InChI=1S/C20H26N6O/c1-5-21-20(25(3)12-16-10-23-26(4)13-16)22-11-18-14-27-19(24-18)17-8-6-15(2)7-9-17/h6-10,13-14H,5,11-12H2,1-4H3,(H,21,22). The number of nitrogens with one attached hydrogen (secondary N) is 1. The molecule has 0 saturated carbocycles. The van der Waals surface area contributed by atoms with Crippen LogP contribution in [0, 0.1) is 6.92 Å². The third-order valence-corrected chi connectivity index (χ3v) is 4.12. The molecule has 0 saturated heterocycles. The van der Waals surface area contributed by atoms with Crippen molar-refractivity contribution >= 4 is 5.96 Å². The van der Waals surface area contributed by atoms with Crippen LogP contribution in [0.3, 0.4) is 0 Å². The molecule has 0 aliphatic rings.